The summed E-state index contributed by atoms with van der Waals surface area (Å²) in [6, 6.07) is 7.32. The second-order valence-corrected chi connectivity index (χ2v) is 4.63. The molecule has 110 valence electrons. The van der Waals surface area contributed by atoms with E-state index in [1.807, 2.05) is 6.07 Å². The second-order valence-electron chi connectivity index (χ2n) is 4.63. The molecule has 1 amide bonds. The van der Waals surface area contributed by atoms with E-state index < -0.39 is 5.91 Å². The molecule has 0 radical (unpaired) electrons. The minimum Gasteiger partial charge on any atom is -0.497 e. The molecule has 0 atom stereocenters. The number of benzene rings is 1. The fourth-order valence-electron chi connectivity index (χ4n) is 1.70. The Hall–Kier alpha value is -2.68. The Morgan fingerprint density at radius 3 is 2.71 bits per heavy atom. The van der Waals surface area contributed by atoms with Crippen LogP contribution in [0.25, 0.3) is 0 Å². The first-order valence-electron chi connectivity index (χ1n) is 6.57. The topological polar surface area (TPSA) is 83.4 Å². The molecule has 0 unspecified atom stereocenters. The van der Waals surface area contributed by atoms with Crippen LogP contribution in [0.5, 0.6) is 11.5 Å². The molecule has 2 N–H and O–H groups in total. The summed E-state index contributed by atoms with van der Waals surface area (Å²) in [6.07, 6.45) is 3.60. The van der Waals surface area contributed by atoms with Crippen LogP contribution in [0.1, 0.15) is 12.8 Å². The summed E-state index contributed by atoms with van der Waals surface area (Å²) >= 11 is 0. The maximum absolute atomic E-state index is 12.1. The van der Waals surface area contributed by atoms with Crippen molar-refractivity contribution in [1.29, 1.82) is 5.26 Å². The first-order chi connectivity index (χ1) is 10.2. The zero-order chi connectivity index (χ0) is 15.2. The number of nitriles is 1. The van der Waals surface area contributed by atoms with Crippen molar-refractivity contribution < 1.29 is 14.3 Å². The van der Waals surface area contributed by atoms with Crippen molar-refractivity contribution in [3.63, 3.8) is 0 Å². The highest BCUT2D eigenvalue weighted by Crippen LogP contribution is 2.29. The molecule has 0 bridgehead atoms. The summed E-state index contributed by atoms with van der Waals surface area (Å²) in [5.74, 6) is 0.596. The van der Waals surface area contributed by atoms with E-state index in [1.165, 1.54) is 20.4 Å². The van der Waals surface area contributed by atoms with E-state index in [0.29, 0.717) is 23.2 Å². The first kappa shape index (κ1) is 14.7. The number of methoxy groups -OCH3 is 2. The summed E-state index contributed by atoms with van der Waals surface area (Å²) in [5, 5.41) is 14.7. The molecule has 0 aromatic heterocycles. The molecule has 1 saturated carbocycles. The van der Waals surface area contributed by atoms with Crippen LogP contribution in [-0.4, -0.2) is 26.2 Å². The number of anilines is 1. The van der Waals surface area contributed by atoms with Gasteiger partial charge in [-0.15, -0.1) is 0 Å². The van der Waals surface area contributed by atoms with Crippen molar-refractivity contribution in [3.8, 4) is 17.6 Å². The molecule has 0 heterocycles. The SMILES string of the molecule is COc1ccc(OC)c(NC(=O)/C(C#N)=C\NC2CC2)c1. The number of rotatable bonds is 6. The maximum Gasteiger partial charge on any atom is 0.267 e. The fourth-order valence-corrected chi connectivity index (χ4v) is 1.70. The van der Waals surface area contributed by atoms with Gasteiger partial charge in [0, 0.05) is 18.3 Å². The third-order valence-corrected chi connectivity index (χ3v) is 3.06. The molecular weight excluding hydrogens is 270 g/mol. The Balaban J connectivity index is 2.13. The molecule has 1 aromatic rings. The van der Waals surface area contributed by atoms with E-state index in [1.54, 1.807) is 18.2 Å². The van der Waals surface area contributed by atoms with E-state index in [9.17, 15) is 4.79 Å². The van der Waals surface area contributed by atoms with E-state index in [0.717, 1.165) is 12.8 Å². The van der Waals surface area contributed by atoms with E-state index >= 15 is 0 Å². The van der Waals surface area contributed by atoms with E-state index in [2.05, 4.69) is 10.6 Å². The first-order valence-corrected chi connectivity index (χ1v) is 6.57. The number of carbonyl (C=O) groups is 1. The molecule has 1 fully saturated rings. The average Bonchev–Trinajstić information content (AvgIpc) is 3.32. The van der Waals surface area contributed by atoms with Crippen LogP contribution < -0.4 is 20.1 Å². The van der Waals surface area contributed by atoms with Crippen LogP contribution in [-0.2, 0) is 4.79 Å². The lowest BCUT2D eigenvalue weighted by atomic mass is 10.2. The Morgan fingerprint density at radius 1 is 1.38 bits per heavy atom. The average molecular weight is 287 g/mol. The molecule has 0 saturated heterocycles. The van der Waals surface area contributed by atoms with Gasteiger partial charge in [-0.25, -0.2) is 0 Å². The van der Waals surface area contributed by atoms with Gasteiger partial charge in [0.05, 0.1) is 19.9 Å². The Kier molecular flexibility index (Phi) is 4.67. The van der Waals surface area contributed by atoms with Gasteiger partial charge >= 0.3 is 0 Å². The van der Waals surface area contributed by atoms with Gasteiger partial charge in [0.25, 0.3) is 5.91 Å². The van der Waals surface area contributed by atoms with Crippen LogP contribution in [0, 0.1) is 11.3 Å². The van der Waals surface area contributed by atoms with Crippen molar-refractivity contribution in [2.45, 2.75) is 18.9 Å². The summed E-state index contributed by atoms with van der Waals surface area (Å²) in [4.78, 5) is 12.1. The lowest BCUT2D eigenvalue weighted by Crippen LogP contribution is -2.18. The molecule has 0 aliphatic heterocycles. The van der Waals surface area contributed by atoms with E-state index in [4.69, 9.17) is 14.7 Å². The maximum atomic E-state index is 12.1. The number of carbonyl (C=O) groups excluding carboxylic acids is 1. The number of ether oxygens (including phenoxy) is 2. The highest BCUT2D eigenvalue weighted by molar-refractivity contribution is 6.07. The minimum atomic E-state index is -0.489. The summed E-state index contributed by atoms with van der Waals surface area (Å²) in [5.41, 5.74) is 0.473. The van der Waals surface area contributed by atoms with Crippen LogP contribution in [0.3, 0.4) is 0 Å². The quantitative estimate of drug-likeness (QED) is 0.615. The van der Waals surface area contributed by atoms with Crippen LogP contribution in [0.4, 0.5) is 5.69 Å². The van der Waals surface area contributed by atoms with Gasteiger partial charge in [-0.3, -0.25) is 4.79 Å². The molecular formula is C15H17N3O3. The zero-order valence-electron chi connectivity index (χ0n) is 12.0. The zero-order valence-corrected chi connectivity index (χ0v) is 12.0. The van der Waals surface area contributed by atoms with Crippen molar-refractivity contribution in [2.75, 3.05) is 19.5 Å². The van der Waals surface area contributed by atoms with Gasteiger partial charge in [0.1, 0.15) is 23.1 Å². The number of hydrogen-bond donors (Lipinski definition) is 2. The second kappa shape index (κ2) is 6.66. The van der Waals surface area contributed by atoms with Gasteiger partial charge in [-0.05, 0) is 25.0 Å². The van der Waals surface area contributed by atoms with Gasteiger partial charge < -0.3 is 20.1 Å². The fraction of sp³-hybridized carbons (Fsp3) is 0.333. The Bertz CT molecular complexity index is 601. The highest BCUT2D eigenvalue weighted by atomic mass is 16.5. The molecule has 1 aliphatic rings. The van der Waals surface area contributed by atoms with Gasteiger partial charge in [-0.1, -0.05) is 0 Å². The number of nitrogens with zero attached hydrogens (tertiary/aromatic N) is 1. The third-order valence-electron chi connectivity index (χ3n) is 3.06. The number of nitrogens with one attached hydrogen (secondary N) is 2. The summed E-state index contributed by atoms with van der Waals surface area (Å²) < 4.78 is 10.3. The standard InChI is InChI=1S/C15H17N3O3/c1-20-12-5-6-14(21-2)13(7-12)18-15(19)10(8-16)9-17-11-3-4-11/h5-7,9,11,17H,3-4H2,1-2H3,(H,18,19)/b10-9-. The summed E-state index contributed by atoms with van der Waals surface area (Å²) in [6.45, 7) is 0. The van der Waals surface area contributed by atoms with Crippen LogP contribution in [0.15, 0.2) is 30.0 Å². The van der Waals surface area contributed by atoms with Gasteiger partial charge in [0.2, 0.25) is 0 Å². The van der Waals surface area contributed by atoms with Gasteiger partial charge in [0.15, 0.2) is 0 Å². The molecule has 1 aliphatic carbocycles. The van der Waals surface area contributed by atoms with Gasteiger partial charge in [-0.2, -0.15) is 5.26 Å². The number of amides is 1. The van der Waals surface area contributed by atoms with Crippen LogP contribution in [0.2, 0.25) is 0 Å². The number of hydrogen-bond acceptors (Lipinski definition) is 5. The van der Waals surface area contributed by atoms with E-state index in [-0.39, 0.29) is 5.57 Å². The third kappa shape index (κ3) is 3.89. The molecule has 0 spiro atoms. The molecule has 6 nitrogen and oxygen atoms in total. The normalized spacial score (nSPS) is 14.0. The largest absolute Gasteiger partial charge is 0.497 e. The lowest BCUT2D eigenvalue weighted by Gasteiger charge is -2.11. The molecule has 21 heavy (non-hydrogen) atoms. The molecule has 2 rings (SSSR count). The smallest absolute Gasteiger partial charge is 0.267 e. The Labute approximate surface area is 123 Å². The Morgan fingerprint density at radius 2 is 2.14 bits per heavy atom. The lowest BCUT2D eigenvalue weighted by molar-refractivity contribution is -0.112. The predicted octanol–water partition coefficient (Wildman–Crippen LogP) is 1.80. The van der Waals surface area contributed by atoms with Crippen molar-refractivity contribution in [2.24, 2.45) is 0 Å². The monoisotopic (exact) mass is 287 g/mol. The van der Waals surface area contributed by atoms with Crippen molar-refractivity contribution in [3.05, 3.63) is 30.0 Å². The summed E-state index contributed by atoms with van der Waals surface area (Å²) in [7, 11) is 3.04. The molecule has 1 aromatic carbocycles. The highest BCUT2D eigenvalue weighted by Gasteiger charge is 2.20. The van der Waals surface area contributed by atoms with Crippen molar-refractivity contribution >= 4 is 11.6 Å². The minimum absolute atomic E-state index is 0.0202. The predicted molar refractivity (Wildman–Crippen MR) is 78.0 cm³/mol. The molecule has 6 heteroatoms. The van der Waals surface area contributed by atoms with Crippen LogP contribution >= 0.6 is 0 Å². The van der Waals surface area contributed by atoms with Crippen molar-refractivity contribution in [1.82, 2.24) is 5.32 Å².